The Morgan fingerprint density at radius 1 is 1.39 bits per heavy atom. The molecule has 0 radical (unpaired) electrons. The van der Waals surface area contributed by atoms with Crippen LogP contribution in [0.25, 0.3) is 0 Å². The monoisotopic (exact) mass is 315 g/mol. The molecule has 0 spiro atoms. The van der Waals surface area contributed by atoms with Crippen molar-refractivity contribution >= 4 is 5.91 Å². The maximum Gasteiger partial charge on any atom is 0.252 e. The fourth-order valence-corrected chi connectivity index (χ4v) is 2.81. The van der Waals surface area contributed by atoms with E-state index in [9.17, 15) is 4.79 Å². The zero-order valence-electron chi connectivity index (χ0n) is 13.4. The Bertz CT molecular complexity index is 640. The summed E-state index contributed by atoms with van der Waals surface area (Å²) in [6.07, 6.45) is 3.44. The number of imidazole rings is 1. The molecule has 0 unspecified atom stereocenters. The van der Waals surface area contributed by atoms with Gasteiger partial charge in [-0.2, -0.15) is 0 Å². The van der Waals surface area contributed by atoms with Crippen LogP contribution in [-0.4, -0.2) is 46.6 Å². The van der Waals surface area contributed by atoms with Crippen LogP contribution in [0.1, 0.15) is 18.2 Å². The number of hydrogen-bond donors (Lipinski definition) is 1. The lowest BCUT2D eigenvalue weighted by Crippen LogP contribution is -2.51. The lowest BCUT2D eigenvalue weighted by molar-refractivity contribution is -0.161. The van der Waals surface area contributed by atoms with Gasteiger partial charge in [0.25, 0.3) is 5.91 Å². The van der Waals surface area contributed by atoms with Crippen molar-refractivity contribution in [3.63, 3.8) is 0 Å². The van der Waals surface area contributed by atoms with Crippen LogP contribution in [0.2, 0.25) is 0 Å². The number of carbonyl (C=O) groups is 1. The number of ether oxygens (including phenoxy) is 2. The minimum absolute atomic E-state index is 0.00916. The number of morpholine rings is 1. The summed E-state index contributed by atoms with van der Waals surface area (Å²) in [5.74, 6) is 0.828. The van der Waals surface area contributed by atoms with Crippen LogP contribution < -0.4 is 4.74 Å². The molecule has 2 aromatic rings. The SMILES string of the molecule is COc1ccc(CN2C[C@H](C)O[C@H](Cc3c[nH]cn3)C2=O)cc1. The number of rotatable bonds is 5. The summed E-state index contributed by atoms with van der Waals surface area (Å²) in [5, 5.41) is 0. The van der Waals surface area contributed by atoms with Gasteiger partial charge in [-0.1, -0.05) is 12.1 Å². The van der Waals surface area contributed by atoms with Crippen molar-refractivity contribution in [2.45, 2.75) is 32.1 Å². The molecule has 1 saturated heterocycles. The summed E-state index contributed by atoms with van der Waals surface area (Å²) in [7, 11) is 1.64. The van der Waals surface area contributed by atoms with Crippen LogP contribution in [0.5, 0.6) is 5.75 Å². The number of nitrogens with zero attached hydrogens (tertiary/aromatic N) is 2. The number of aromatic amines is 1. The first-order valence-electron chi connectivity index (χ1n) is 7.70. The normalized spacial score (nSPS) is 21.5. The minimum atomic E-state index is -0.472. The molecule has 3 rings (SSSR count). The zero-order chi connectivity index (χ0) is 16.2. The van der Waals surface area contributed by atoms with Crippen molar-refractivity contribution in [3.8, 4) is 5.75 Å². The molecule has 0 bridgehead atoms. The predicted molar refractivity (Wildman–Crippen MR) is 85.0 cm³/mol. The zero-order valence-corrected chi connectivity index (χ0v) is 13.4. The van der Waals surface area contributed by atoms with Gasteiger partial charge in [0.15, 0.2) is 0 Å². The van der Waals surface area contributed by atoms with E-state index in [0.717, 1.165) is 17.0 Å². The molecular weight excluding hydrogens is 294 g/mol. The fourth-order valence-electron chi connectivity index (χ4n) is 2.81. The van der Waals surface area contributed by atoms with E-state index in [1.54, 1.807) is 19.6 Å². The van der Waals surface area contributed by atoms with Crippen molar-refractivity contribution < 1.29 is 14.3 Å². The fraction of sp³-hybridized carbons (Fsp3) is 0.412. The third-order valence-corrected chi connectivity index (χ3v) is 3.94. The highest BCUT2D eigenvalue weighted by Gasteiger charge is 2.33. The lowest BCUT2D eigenvalue weighted by atomic mass is 10.1. The number of amides is 1. The first-order valence-corrected chi connectivity index (χ1v) is 7.70. The smallest absolute Gasteiger partial charge is 0.252 e. The van der Waals surface area contributed by atoms with Gasteiger partial charge in [0.2, 0.25) is 0 Å². The minimum Gasteiger partial charge on any atom is -0.497 e. The maximum absolute atomic E-state index is 12.7. The first-order chi connectivity index (χ1) is 11.2. The molecule has 1 aliphatic heterocycles. The number of H-pyrrole nitrogens is 1. The predicted octanol–water partition coefficient (Wildman–Crippen LogP) is 1.78. The summed E-state index contributed by atoms with van der Waals surface area (Å²) in [4.78, 5) is 21.6. The molecule has 1 amide bonds. The number of carbonyl (C=O) groups excluding carboxylic acids is 1. The molecule has 6 heteroatoms. The Morgan fingerprint density at radius 2 is 2.17 bits per heavy atom. The van der Waals surface area contributed by atoms with Gasteiger partial charge in [0.1, 0.15) is 11.9 Å². The Kier molecular flexibility index (Phi) is 4.62. The van der Waals surface area contributed by atoms with Gasteiger partial charge >= 0.3 is 0 Å². The van der Waals surface area contributed by atoms with Crippen molar-refractivity contribution in [1.82, 2.24) is 14.9 Å². The van der Waals surface area contributed by atoms with E-state index in [1.807, 2.05) is 36.1 Å². The number of hydrogen-bond acceptors (Lipinski definition) is 4. The highest BCUT2D eigenvalue weighted by atomic mass is 16.5. The molecule has 1 N–H and O–H groups in total. The Hall–Kier alpha value is -2.34. The molecule has 1 aromatic carbocycles. The van der Waals surface area contributed by atoms with Gasteiger partial charge in [-0.25, -0.2) is 4.98 Å². The molecule has 122 valence electrons. The van der Waals surface area contributed by atoms with Gasteiger partial charge in [-0.15, -0.1) is 0 Å². The highest BCUT2D eigenvalue weighted by Crippen LogP contribution is 2.19. The van der Waals surface area contributed by atoms with E-state index < -0.39 is 6.10 Å². The summed E-state index contributed by atoms with van der Waals surface area (Å²) in [6, 6.07) is 7.78. The van der Waals surface area contributed by atoms with Crippen LogP contribution in [0, 0.1) is 0 Å². The average molecular weight is 315 g/mol. The van der Waals surface area contributed by atoms with E-state index in [0.29, 0.717) is 19.5 Å². The molecule has 6 nitrogen and oxygen atoms in total. The van der Waals surface area contributed by atoms with Crippen LogP contribution in [-0.2, 0) is 22.5 Å². The number of methoxy groups -OCH3 is 1. The molecule has 2 heterocycles. The topological polar surface area (TPSA) is 67.5 Å². The lowest BCUT2D eigenvalue weighted by Gasteiger charge is -2.36. The number of nitrogens with one attached hydrogen (secondary N) is 1. The second kappa shape index (κ2) is 6.83. The van der Waals surface area contributed by atoms with Gasteiger partial charge in [-0.05, 0) is 24.6 Å². The number of aromatic nitrogens is 2. The third-order valence-electron chi connectivity index (χ3n) is 3.94. The third kappa shape index (κ3) is 3.71. The molecule has 0 aliphatic carbocycles. The molecule has 1 aromatic heterocycles. The van der Waals surface area contributed by atoms with Gasteiger partial charge in [0.05, 0.1) is 25.2 Å². The quantitative estimate of drug-likeness (QED) is 0.913. The Labute approximate surface area is 135 Å². The van der Waals surface area contributed by atoms with Crippen molar-refractivity contribution in [2.75, 3.05) is 13.7 Å². The van der Waals surface area contributed by atoms with Crippen molar-refractivity contribution in [2.24, 2.45) is 0 Å². The average Bonchev–Trinajstić information content (AvgIpc) is 3.05. The largest absolute Gasteiger partial charge is 0.497 e. The van der Waals surface area contributed by atoms with Gasteiger partial charge in [0, 0.05) is 25.7 Å². The molecule has 1 aliphatic rings. The molecule has 0 saturated carbocycles. The van der Waals surface area contributed by atoms with E-state index in [1.165, 1.54) is 0 Å². The number of benzene rings is 1. The van der Waals surface area contributed by atoms with Crippen molar-refractivity contribution in [1.29, 1.82) is 0 Å². The first kappa shape index (κ1) is 15.6. The van der Waals surface area contributed by atoms with Crippen LogP contribution in [0.15, 0.2) is 36.8 Å². The Morgan fingerprint density at radius 3 is 2.83 bits per heavy atom. The summed E-state index contributed by atoms with van der Waals surface area (Å²) >= 11 is 0. The van der Waals surface area contributed by atoms with E-state index in [4.69, 9.17) is 9.47 Å². The summed E-state index contributed by atoms with van der Waals surface area (Å²) in [5.41, 5.74) is 1.91. The van der Waals surface area contributed by atoms with Gasteiger partial charge in [-0.3, -0.25) is 4.79 Å². The Balaban J connectivity index is 1.68. The van der Waals surface area contributed by atoms with Gasteiger partial charge < -0.3 is 19.4 Å². The molecular formula is C17H21N3O3. The highest BCUT2D eigenvalue weighted by molar-refractivity contribution is 5.82. The van der Waals surface area contributed by atoms with E-state index >= 15 is 0 Å². The van der Waals surface area contributed by atoms with Crippen molar-refractivity contribution in [3.05, 3.63) is 48.0 Å². The molecule has 23 heavy (non-hydrogen) atoms. The van der Waals surface area contributed by atoms with Crippen LogP contribution in [0.4, 0.5) is 0 Å². The summed E-state index contributed by atoms with van der Waals surface area (Å²) < 4.78 is 11.0. The second-order valence-corrected chi connectivity index (χ2v) is 5.77. The van der Waals surface area contributed by atoms with Crippen LogP contribution >= 0.6 is 0 Å². The molecule has 2 atom stereocenters. The maximum atomic E-state index is 12.7. The molecule has 1 fully saturated rings. The van der Waals surface area contributed by atoms with E-state index in [2.05, 4.69) is 9.97 Å². The van der Waals surface area contributed by atoms with Crippen LogP contribution in [0.3, 0.4) is 0 Å². The van der Waals surface area contributed by atoms with E-state index in [-0.39, 0.29) is 12.0 Å². The second-order valence-electron chi connectivity index (χ2n) is 5.77. The standard InChI is InChI=1S/C17H21N3O3/c1-12-9-20(10-13-3-5-15(22-2)6-4-13)17(21)16(23-12)7-14-8-18-11-19-14/h3-6,8,11-12,16H,7,9-10H2,1-2H3,(H,18,19)/t12-,16+/m0/s1. The summed E-state index contributed by atoms with van der Waals surface area (Å²) in [6.45, 7) is 3.17.